The molecule has 174 valence electrons. The molecule has 0 saturated carbocycles. The largest absolute Gasteiger partial charge is 0.573 e. The molecule has 35 heavy (non-hydrogen) atoms. The first-order valence-electron chi connectivity index (χ1n) is 9.43. The minimum atomic E-state index is -4.93. The molecule has 0 amide bonds. The zero-order valence-electron chi connectivity index (χ0n) is 16.7. The van der Waals surface area contributed by atoms with Crippen LogP contribution in [0, 0.1) is 22.9 Å². The molecular weight excluding hydrogens is 498 g/mol. The Labute approximate surface area is 193 Å². The van der Waals surface area contributed by atoms with E-state index in [1.807, 2.05) is 0 Å². The van der Waals surface area contributed by atoms with Crippen molar-refractivity contribution in [1.29, 1.82) is 10.5 Å². The summed E-state index contributed by atoms with van der Waals surface area (Å²) in [5, 5.41) is 21.0. The summed E-state index contributed by atoms with van der Waals surface area (Å²) in [5.41, 5.74) is 0. The third-order valence-corrected chi connectivity index (χ3v) is 6.36. The van der Waals surface area contributed by atoms with Crippen LogP contribution in [0.25, 0.3) is 41.7 Å². The van der Waals surface area contributed by atoms with Gasteiger partial charge >= 0.3 is 12.7 Å². The van der Waals surface area contributed by atoms with Gasteiger partial charge in [0.05, 0.1) is 9.40 Å². The molecule has 5 aromatic rings. The molecule has 0 atom stereocenters. The van der Waals surface area contributed by atoms with Gasteiger partial charge in [-0.3, -0.25) is 0 Å². The standard InChI is InChI=1S/C22H6F6N4O2S/c23-21(24,25)33-9-1-3-11-13(5-9)17(31-7-29)19-15(11)16-12-4-2-10(34-22(26,27)28)6-14(12)18(32-8-30)20(16)35-19/h1-6H. The molecule has 1 heterocycles. The molecule has 0 aliphatic carbocycles. The Balaban J connectivity index is 1.90. The molecule has 5 rings (SSSR count). The first kappa shape index (κ1) is 22.4. The SMILES string of the molecule is N#CN=c1c2cc(OC(F)(F)F)ccc2c2c1sc1c(=NC#N)c3cc(OC(F)(F)F)ccc3c12. The van der Waals surface area contributed by atoms with Crippen molar-refractivity contribution >= 4 is 53.1 Å². The van der Waals surface area contributed by atoms with Crippen LogP contribution in [-0.4, -0.2) is 12.7 Å². The average molecular weight is 504 g/mol. The number of hydrogen-bond acceptors (Lipinski definition) is 7. The number of alkyl halides is 6. The molecule has 0 radical (unpaired) electrons. The normalized spacial score (nSPS) is 13.7. The fourth-order valence-corrected chi connectivity index (χ4v) is 5.45. The quantitative estimate of drug-likeness (QED) is 0.225. The number of ether oxygens (including phenoxy) is 2. The summed E-state index contributed by atoms with van der Waals surface area (Å²) >= 11 is 1.07. The summed E-state index contributed by atoms with van der Waals surface area (Å²) in [5.74, 6) is -1.01. The highest BCUT2D eigenvalue weighted by molar-refractivity contribution is 7.26. The van der Waals surface area contributed by atoms with Gasteiger partial charge in [-0.15, -0.1) is 37.7 Å². The van der Waals surface area contributed by atoms with Gasteiger partial charge in [0.2, 0.25) is 12.4 Å². The summed E-state index contributed by atoms with van der Waals surface area (Å²) in [4.78, 5) is 7.57. The summed E-state index contributed by atoms with van der Waals surface area (Å²) < 4.78 is 85.2. The number of nitrogens with zero attached hydrogens (tertiary/aromatic N) is 4. The second-order valence-electron chi connectivity index (χ2n) is 7.14. The van der Waals surface area contributed by atoms with E-state index in [1.54, 1.807) is 12.4 Å². The van der Waals surface area contributed by atoms with Crippen LogP contribution in [-0.2, 0) is 0 Å². The molecule has 1 aromatic heterocycles. The molecule has 13 heteroatoms. The lowest BCUT2D eigenvalue weighted by Crippen LogP contribution is -2.17. The predicted octanol–water partition coefficient (Wildman–Crippen LogP) is 5.80. The molecule has 0 N–H and O–H groups in total. The van der Waals surface area contributed by atoms with Gasteiger partial charge in [-0.25, -0.2) is 0 Å². The van der Waals surface area contributed by atoms with Gasteiger partial charge in [-0.2, -0.15) is 20.5 Å². The van der Waals surface area contributed by atoms with Crippen LogP contribution in [0.3, 0.4) is 0 Å². The summed E-state index contributed by atoms with van der Waals surface area (Å²) in [6, 6.07) is 7.19. The maximum absolute atomic E-state index is 12.7. The zero-order chi connectivity index (χ0) is 25.1. The van der Waals surface area contributed by atoms with Crippen molar-refractivity contribution in [3.8, 4) is 23.9 Å². The third kappa shape index (κ3) is 3.76. The van der Waals surface area contributed by atoms with E-state index < -0.39 is 24.2 Å². The molecule has 0 saturated heterocycles. The van der Waals surface area contributed by atoms with E-state index in [2.05, 4.69) is 19.5 Å². The predicted molar refractivity (Wildman–Crippen MR) is 112 cm³/mol. The number of thiophene rings is 1. The van der Waals surface area contributed by atoms with Crippen LogP contribution in [0.4, 0.5) is 26.3 Å². The Kier molecular flexibility index (Phi) is 4.86. The first-order chi connectivity index (χ1) is 16.5. The molecule has 0 aliphatic rings. The lowest BCUT2D eigenvalue weighted by molar-refractivity contribution is -0.275. The molecule has 0 spiro atoms. The lowest BCUT2D eigenvalue weighted by atomic mass is 10.1. The fourth-order valence-electron chi connectivity index (χ4n) is 4.11. The number of hydrogen-bond donors (Lipinski definition) is 0. The van der Waals surface area contributed by atoms with Gasteiger partial charge in [0.25, 0.3) is 0 Å². The summed E-state index contributed by atoms with van der Waals surface area (Å²) in [7, 11) is 0. The van der Waals surface area contributed by atoms with Crippen LogP contribution >= 0.6 is 11.3 Å². The Morgan fingerprint density at radius 2 is 1.06 bits per heavy atom. The van der Waals surface area contributed by atoms with Crippen LogP contribution < -0.4 is 20.2 Å². The molecule has 0 aliphatic heterocycles. The highest BCUT2D eigenvalue weighted by atomic mass is 32.1. The number of rotatable bonds is 2. The van der Waals surface area contributed by atoms with Gasteiger partial charge < -0.3 is 9.47 Å². The van der Waals surface area contributed by atoms with Crippen molar-refractivity contribution in [2.45, 2.75) is 12.7 Å². The van der Waals surface area contributed by atoms with Crippen molar-refractivity contribution in [2.75, 3.05) is 0 Å². The molecule has 0 unspecified atom stereocenters. The van der Waals surface area contributed by atoms with Gasteiger partial charge in [0.15, 0.2) is 0 Å². The van der Waals surface area contributed by atoms with Crippen molar-refractivity contribution < 1.29 is 35.8 Å². The maximum atomic E-state index is 12.7. The summed E-state index contributed by atoms with van der Waals surface area (Å²) in [6.45, 7) is 0. The van der Waals surface area contributed by atoms with Crippen LogP contribution in [0.1, 0.15) is 0 Å². The van der Waals surface area contributed by atoms with E-state index in [4.69, 9.17) is 0 Å². The van der Waals surface area contributed by atoms with E-state index in [1.165, 1.54) is 12.1 Å². The first-order valence-corrected chi connectivity index (χ1v) is 10.2. The number of fused-ring (bicyclic) bond motifs is 7. The minimum Gasteiger partial charge on any atom is -0.406 e. The molecular formula is C22H6F6N4O2S. The molecule has 6 nitrogen and oxygen atoms in total. The van der Waals surface area contributed by atoms with E-state index in [-0.39, 0.29) is 21.5 Å². The van der Waals surface area contributed by atoms with Gasteiger partial charge in [0.1, 0.15) is 22.2 Å². The zero-order valence-corrected chi connectivity index (χ0v) is 17.6. The Morgan fingerprint density at radius 1 is 0.657 bits per heavy atom. The van der Waals surface area contributed by atoms with Crippen LogP contribution in [0.5, 0.6) is 11.5 Å². The monoisotopic (exact) mass is 504 g/mol. The number of halogens is 6. The van der Waals surface area contributed by atoms with Gasteiger partial charge in [-0.1, -0.05) is 0 Å². The summed E-state index contributed by atoms with van der Waals surface area (Å²) in [6.07, 6.45) is -6.59. The topological polar surface area (TPSA) is 90.8 Å². The fraction of sp³-hybridized carbons (Fsp3) is 0.0909. The van der Waals surface area contributed by atoms with Gasteiger partial charge in [-0.05, 0) is 47.2 Å². The van der Waals surface area contributed by atoms with E-state index in [9.17, 15) is 36.9 Å². The second kappa shape index (κ2) is 7.58. The number of nitriles is 2. The van der Waals surface area contributed by atoms with E-state index in [0.717, 1.165) is 35.6 Å². The average Bonchev–Trinajstić information content (AvgIpc) is 3.34. The highest BCUT2D eigenvalue weighted by Gasteiger charge is 2.32. The Morgan fingerprint density at radius 3 is 1.40 bits per heavy atom. The Hall–Kier alpha value is -4.36. The van der Waals surface area contributed by atoms with Crippen molar-refractivity contribution in [3.63, 3.8) is 0 Å². The lowest BCUT2D eigenvalue weighted by Gasteiger charge is -2.08. The van der Waals surface area contributed by atoms with Crippen molar-refractivity contribution in [2.24, 2.45) is 9.98 Å². The maximum Gasteiger partial charge on any atom is 0.573 e. The second-order valence-corrected chi connectivity index (χ2v) is 8.16. The molecule has 0 fully saturated rings. The van der Waals surface area contributed by atoms with Crippen molar-refractivity contribution in [3.05, 3.63) is 47.1 Å². The van der Waals surface area contributed by atoms with Crippen LogP contribution in [0.15, 0.2) is 46.4 Å². The number of benzene rings is 2. The Bertz CT molecular complexity index is 1730. The van der Waals surface area contributed by atoms with Crippen LogP contribution in [0.2, 0.25) is 0 Å². The van der Waals surface area contributed by atoms with E-state index in [0.29, 0.717) is 30.9 Å². The van der Waals surface area contributed by atoms with E-state index >= 15 is 0 Å². The minimum absolute atomic E-state index is 0.111. The third-order valence-electron chi connectivity index (χ3n) is 5.16. The van der Waals surface area contributed by atoms with Crippen molar-refractivity contribution in [1.82, 2.24) is 0 Å². The smallest absolute Gasteiger partial charge is 0.406 e. The van der Waals surface area contributed by atoms with Gasteiger partial charge in [0, 0.05) is 21.5 Å². The highest BCUT2D eigenvalue weighted by Crippen LogP contribution is 2.43. The molecule has 0 bridgehead atoms. The molecule has 4 aromatic carbocycles.